The summed E-state index contributed by atoms with van der Waals surface area (Å²) in [5, 5.41) is 2.26. The summed E-state index contributed by atoms with van der Waals surface area (Å²) in [6.07, 6.45) is 1.70. The smallest absolute Gasteiger partial charge is 0.299 e. The highest BCUT2D eigenvalue weighted by atomic mass is 32.2. The van der Waals surface area contributed by atoms with Gasteiger partial charge in [-0.1, -0.05) is 38.1 Å². The van der Waals surface area contributed by atoms with Gasteiger partial charge in [0.25, 0.3) is 10.2 Å². The molecule has 23 heavy (non-hydrogen) atoms. The molecule has 0 aliphatic carbocycles. The minimum absolute atomic E-state index is 0.420. The number of fused-ring (bicyclic) bond motifs is 3. The van der Waals surface area contributed by atoms with E-state index in [0.717, 1.165) is 34.6 Å². The lowest BCUT2D eigenvalue weighted by molar-refractivity contribution is 0.586. The molecule has 0 unspecified atom stereocenters. The fourth-order valence-corrected chi connectivity index (χ4v) is 3.76. The molecule has 0 radical (unpaired) electrons. The molecule has 122 valence electrons. The second kappa shape index (κ2) is 6.22. The van der Waals surface area contributed by atoms with Crippen molar-refractivity contribution in [1.29, 1.82) is 0 Å². The summed E-state index contributed by atoms with van der Waals surface area (Å²) in [6.45, 7) is 4.47. The van der Waals surface area contributed by atoms with Crippen LogP contribution in [0.15, 0.2) is 36.4 Å². The Labute approximate surface area is 136 Å². The van der Waals surface area contributed by atoms with Crippen molar-refractivity contribution in [3.63, 3.8) is 0 Å². The first kappa shape index (κ1) is 15.8. The topological polar surface area (TPSA) is 74.0 Å². The van der Waals surface area contributed by atoms with Crippen LogP contribution in [0, 0.1) is 0 Å². The van der Waals surface area contributed by atoms with Gasteiger partial charge in [0, 0.05) is 28.4 Å². The molecule has 1 aromatic heterocycles. The van der Waals surface area contributed by atoms with Gasteiger partial charge in [0.2, 0.25) is 0 Å². The Bertz CT molecular complexity index is 945. The van der Waals surface area contributed by atoms with Gasteiger partial charge < -0.3 is 4.98 Å². The van der Waals surface area contributed by atoms with Crippen LogP contribution < -0.4 is 9.44 Å². The maximum absolute atomic E-state index is 11.9. The molecule has 0 saturated carbocycles. The Morgan fingerprint density at radius 1 is 1.09 bits per heavy atom. The lowest BCUT2D eigenvalue weighted by Crippen LogP contribution is -2.30. The molecule has 1 heterocycles. The largest absolute Gasteiger partial charge is 0.354 e. The standard InChI is InChI=1S/C17H21N3O2S/c1-3-10-18-23(21,22)20-13-8-9-14-15-7-5-6-12(4-2)17(15)19-16(14)11-13/h5-9,11,18-20H,3-4,10H2,1-2H3. The number of aromatic nitrogens is 1. The zero-order valence-corrected chi connectivity index (χ0v) is 14.1. The van der Waals surface area contributed by atoms with Crippen LogP contribution in [0.3, 0.4) is 0 Å². The highest BCUT2D eigenvalue weighted by Gasteiger charge is 2.11. The van der Waals surface area contributed by atoms with Crippen molar-refractivity contribution in [1.82, 2.24) is 9.71 Å². The highest BCUT2D eigenvalue weighted by Crippen LogP contribution is 2.29. The van der Waals surface area contributed by atoms with Gasteiger partial charge in [-0.15, -0.1) is 0 Å². The number of aromatic amines is 1. The number of para-hydroxylation sites is 1. The minimum atomic E-state index is -3.52. The van der Waals surface area contributed by atoms with E-state index in [4.69, 9.17) is 0 Å². The van der Waals surface area contributed by atoms with Crippen molar-refractivity contribution in [3.05, 3.63) is 42.0 Å². The number of hydrogen-bond donors (Lipinski definition) is 3. The Hall–Kier alpha value is -2.05. The third kappa shape index (κ3) is 3.18. The molecular weight excluding hydrogens is 310 g/mol. The van der Waals surface area contributed by atoms with Crippen molar-refractivity contribution in [2.24, 2.45) is 0 Å². The zero-order valence-electron chi connectivity index (χ0n) is 13.3. The number of aryl methyl sites for hydroxylation is 1. The molecular formula is C17H21N3O2S. The molecule has 0 atom stereocenters. The first-order valence-corrected chi connectivity index (χ1v) is 9.33. The van der Waals surface area contributed by atoms with E-state index in [1.54, 1.807) is 6.07 Å². The first-order chi connectivity index (χ1) is 11.0. The Morgan fingerprint density at radius 3 is 2.65 bits per heavy atom. The van der Waals surface area contributed by atoms with Crippen LogP contribution in [0.4, 0.5) is 5.69 Å². The first-order valence-electron chi connectivity index (χ1n) is 7.84. The third-order valence-electron chi connectivity index (χ3n) is 3.90. The minimum Gasteiger partial charge on any atom is -0.354 e. The van der Waals surface area contributed by atoms with Crippen LogP contribution in [0.5, 0.6) is 0 Å². The number of nitrogens with one attached hydrogen (secondary N) is 3. The fourth-order valence-electron chi connectivity index (χ4n) is 2.78. The molecule has 3 rings (SSSR count). The van der Waals surface area contributed by atoms with Crippen molar-refractivity contribution in [2.45, 2.75) is 26.7 Å². The van der Waals surface area contributed by atoms with Crippen LogP contribution in [0.25, 0.3) is 21.8 Å². The average molecular weight is 331 g/mol. The molecule has 3 N–H and O–H groups in total. The van der Waals surface area contributed by atoms with E-state index in [9.17, 15) is 8.42 Å². The number of hydrogen-bond acceptors (Lipinski definition) is 2. The van der Waals surface area contributed by atoms with Gasteiger partial charge in [0.05, 0.1) is 5.69 Å². The van der Waals surface area contributed by atoms with Crippen LogP contribution in [0.2, 0.25) is 0 Å². The summed E-state index contributed by atoms with van der Waals surface area (Å²) in [4.78, 5) is 3.41. The van der Waals surface area contributed by atoms with Crippen molar-refractivity contribution in [2.75, 3.05) is 11.3 Å². The van der Waals surface area contributed by atoms with Gasteiger partial charge in [-0.2, -0.15) is 13.1 Å². The molecule has 0 spiro atoms. The van der Waals surface area contributed by atoms with Crippen molar-refractivity contribution < 1.29 is 8.42 Å². The Balaban J connectivity index is 2.01. The number of H-pyrrole nitrogens is 1. The zero-order chi connectivity index (χ0) is 16.4. The number of anilines is 1. The predicted octanol–water partition coefficient (Wildman–Crippen LogP) is 3.54. The fraction of sp³-hybridized carbons (Fsp3) is 0.294. The lowest BCUT2D eigenvalue weighted by atomic mass is 10.1. The number of benzene rings is 2. The Kier molecular flexibility index (Phi) is 4.28. The van der Waals surface area contributed by atoms with E-state index < -0.39 is 10.2 Å². The van der Waals surface area contributed by atoms with Gasteiger partial charge in [-0.25, -0.2) is 0 Å². The molecule has 0 saturated heterocycles. The molecule has 6 heteroatoms. The summed E-state index contributed by atoms with van der Waals surface area (Å²) in [7, 11) is -3.52. The second-order valence-corrected chi connectivity index (χ2v) is 7.08. The normalized spacial score (nSPS) is 12.1. The number of rotatable bonds is 6. The van der Waals surface area contributed by atoms with Gasteiger partial charge in [-0.05, 0) is 30.5 Å². The van der Waals surface area contributed by atoms with E-state index in [1.807, 2.05) is 19.1 Å². The molecule has 2 aromatic carbocycles. The SMILES string of the molecule is CCCNS(=O)(=O)Nc1ccc2c(c1)[nH]c1c(CC)cccc12. The maximum Gasteiger partial charge on any atom is 0.299 e. The molecule has 0 bridgehead atoms. The van der Waals surface area contributed by atoms with Crippen molar-refractivity contribution in [3.8, 4) is 0 Å². The molecule has 0 aliphatic heterocycles. The van der Waals surface area contributed by atoms with E-state index in [0.29, 0.717) is 12.2 Å². The quantitative estimate of drug-likeness (QED) is 0.646. The van der Waals surface area contributed by atoms with Gasteiger partial charge in [-0.3, -0.25) is 4.72 Å². The third-order valence-corrected chi connectivity index (χ3v) is 4.98. The highest BCUT2D eigenvalue weighted by molar-refractivity contribution is 7.90. The summed E-state index contributed by atoms with van der Waals surface area (Å²) in [5.41, 5.74) is 3.85. The maximum atomic E-state index is 11.9. The van der Waals surface area contributed by atoms with Crippen LogP contribution in [-0.2, 0) is 16.6 Å². The lowest BCUT2D eigenvalue weighted by Gasteiger charge is -2.08. The van der Waals surface area contributed by atoms with Crippen LogP contribution in [0.1, 0.15) is 25.8 Å². The van der Waals surface area contributed by atoms with E-state index in [2.05, 4.69) is 39.6 Å². The predicted molar refractivity (Wildman–Crippen MR) is 96.0 cm³/mol. The molecule has 3 aromatic rings. The average Bonchev–Trinajstić information content (AvgIpc) is 2.90. The molecule has 0 aliphatic rings. The monoisotopic (exact) mass is 331 g/mol. The van der Waals surface area contributed by atoms with Crippen LogP contribution >= 0.6 is 0 Å². The van der Waals surface area contributed by atoms with E-state index in [-0.39, 0.29) is 0 Å². The summed E-state index contributed by atoms with van der Waals surface area (Å²) in [6, 6.07) is 11.8. The van der Waals surface area contributed by atoms with Gasteiger partial charge >= 0.3 is 0 Å². The molecule has 5 nitrogen and oxygen atoms in total. The summed E-state index contributed by atoms with van der Waals surface area (Å²) < 4.78 is 28.9. The van der Waals surface area contributed by atoms with Gasteiger partial charge in [0.15, 0.2) is 0 Å². The van der Waals surface area contributed by atoms with E-state index in [1.165, 1.54) is 5.56 Å². The molecule has 0 fully saturated rings. The summed E-state index contributed by atoms with van der Waals surface area (Å²) >= 11 is 0. The van der Waals surface area contributed by atoms with Gasteiger partial charge in [0.1, 0.15) is 0 Å². The Morgan fingerprint density at radius 2 is 1.91 bits per heavy atom. The van der Waals surface area contributed by atoms with Crippen LogP contribution in [-0.4, -0.2) is 19.9 Å². The second-order valence-electron chi connectivity index (χ2n) is 5.58. The van der Waals surface area contributed by atoms with Crippen molar-refractivity contribution >= 4 is 37.7 Å². The molecule has 0 amide bonds. The summed E-state index contributed by atoms with van der Waals surface area (Å²) in [5.74, 6) is 0. The van der Waals surface area contributed by atoms with E-state index >= 15 is 0 Å².